The van der Waals surface area contributed by atoms with E-state index in [1.165, 1.54) is 0 Å². The topological polar surface area (TPSA) is 58.3 Å². The van der Waals surface area contributed by atoms with E-state index in [2.05, 4.69) is 33.7 Å². The van der Waals surface area contributed by atoms with Gasteiger partial charge in [-0.2, -0.15) is 4.98 Å². The molecular formula is C10H17N5. The molecule has 1 unspecified atom stereocenters. The van der Waals surface area contributed by atoms with Gasteiger partial charge in [0.1, 0.15) is 5.82 Å². The van der Waals surface area contributed by atoms with Crippen molar-refractivity contribution in [2.45, 2.75) is 13.0 Å². The van der Waals surface area contributed by atoms with Crippen molar-refractivity contribution in [3.63, 3.8) is 0 Å². The van der Waals surface area contributed by atoms with Gasteiger partial charge >= 0.3 is 0 Å². The minimum Gasteiger partial charge on any atom is -0.368 e. The summed E-state index contributed by atoms with van der Waals surface area (Å²) in [6, 6.07) is 2.46. The highest BCUT2D eigenvalue weighted by Gasteiger charge is 2.21. The lowest BCUT2D eigenvalue weighted by atomic mass is 10.2. The zero-order chi connectivity index (χ0) is 10.8. The molecule has 82 valence electrons. The van der Waals surface area contributed by atoms with Crippen molar-refractivity contribution in [3.8, 4) is 0 Å². The van der Waals surface area contributed by atoms with Gasteiger partial charge in [-0.05, 0) is 20.0 Å². The molecule has 15 heavy (non-hydrogen) atoms. The van der Waals surface area contributed by atoms with Crippen LogP contribution in [0.25, 0.3) is 0 Å². The summed E-state index contributed by atoms with van der Waals surface area (Å²) in [6.07, 6.45) is 1.71. The SMILES string of the molecule is CC1CN(c2ccnc(N)n2)CCN1C. The molecule has 1 aromatic rings. The molecule has 2 rings (SSSR count). The van der Waals surface area contributed by atoms with E-state index < -0.39 is 0 Å². The summed E-state index contributed by atoms with van der Waals surface area (Å²) in [4.78, 5) is 12.7. The third kappa shape index (κ3) is 2.18. The standard InChI is InChI=1S/C10H17N5/c1-8-7-15(6-5-14(8)2)9-3-4-12-10(11)13-9/h3-4,8H,5-7H2,1-2H3,(H2,11,12,13). The fourth-order valence-electron chi connectivity index (χ4n) is 1.80. The third-order valence-electron chi connectivity index (χ3n) is 2.94. The minimum absolute atomic E-state index is 0.346. The Hall–Kier alpha value is -1.36. The first kappa shape index (κ1) is 10.2. The van der Waals surface area contributed by atoms with Gasteiger partial charge in [0.25, 0.3) is 0 Å². The number of hydrogen-bond donors (Lipinski definition) is 1. The fraction of sp³-hybridized carbons (Fsp3) is 0.600. The second-order valence-corrected chi connectivity index (χ2v) is 4.05. The molecule has 0 spiro atoms. The fourth-order valence-corrected chi connectivity index (χ4v) is 1.80. The average molecular weight is 207 g/mol. The Morgan fingerprint density at radius 1 is 1.47 bits per heavy atom. The number of rotatable bonds is 1. The molecule has 1 aliphatic heterocycles. The lowest BCUT2D eigenvalue weighted by Gasteiger charge is -2.38. The summed E-state index contributed by atoms with van der Waals surface area (Å²) in [7, 11) is 2.15. The van der Waals surface area contributed by atoms with Crippen LogP contribution in [0.4, 0.5) is 11.8 Å². The number of hydrogen-bond acceptors (Lipinski definition) is 5. The second-order valence-electron chi connectivity index (χ2n) is 4.05. The molecule has 2 N–H and O–H groups in total. The predicted octanol–water partition coefficient (Wildman–Crippen LogP) is 0.199. The number of nitrogens with two attached hydrogens (primary N) is 1. The highest BCUT2D eigenvalue weighted by atomic mass is 15.3. The molecule has 1 saturated heterocycles. The van der Waals surface area contributed by atoms with Gasteiger partial charge in [0.2, 0.25) is 5.95 Å². The van der Waals surface area contributed by atoms with Crippen molar-refractivity contribution >= 4 is 11.8 Å². The van der Waals surface area contributed by atoms with E-state index in [1.807, 2.05) is 6.07 Å². The molecule has 1 atom stereocenters. The first-order valence-electron chi connectivity index (χ1n) is 5.20. The van der Waals surface area contributed by atoms with Gasteiger partial charge in [0.05, 0.1) is 0 Å². The molecular weight excluding hydrogens is 190 g/mol. The van der Waals surface area contributed by atoms with Crippen LogP contribution in [0.3, 0.4) is 0 Å². The van der Waals surface area contributed by atoms with Gasteiger partial charge in [-0.1, -0.05) is 0 Å². The molecule has 5 heteroatoms. The van der Waals surface area contributed by atoms with Crippen LogP contribution in [-0.2, 0) is 0 Å². The van der Waals surface area contributed by atoms with Crippen LogP contribution in [0.5, 0.6) is 0 Å². The van der Waals surface area contributed by atoms with Crippen molar-refractivity contribution in [2.24, 2.45) is 0 Å². The molecule has 1 fully saturated rings. The monoisotopic (exact) mass is 207 g/mol. The summed E-state index contributed by atoms with van der Waals surface area (Å²) in [5.41, 5.74) is 5.57. The molecule has 0 amide bonds. The van der Waals surface area contributed by atoms with E-state index in [9.17, 15) is 0 Å². The maximum Gasteiger partial charge on any atom is 0.221 e. The first-order valence-corrected chi connectivity index (χ1v) is 5.20. The highest BCUT2D eigenvalue weighted by Crippen LogP contribution is 2.15. The number of nitrogen functional groups attached to an aromatic ring is 1. The van der Waals surface area contributed by atoms with Crippen molar-refractivity contribution in [1.82, 2.24) is 14.9 Å². The van der Waals surface area contributed by atoms with Gasteiger partial charge < -0.3 is 15.5 Å². The number of anilines is 2. The third-order valence-corrected chi connectivity index (χ3v) is 2.94. The number of likely N-dealkylation sites (N-methyl/N-ethyl adjacent to an activating group) is 1. The van der Waals surface area contributed by atoms with Crippen LogP contribution in [0.1, 0.15) is 6.92 Å². The van der Waals surface area contributed by atoms with Gasteiger partial charge in [0, 0.05) is 31.9 Å². The smallest absolute Gasteiger partial charge is 0.221 e. The summed E-state index contributed by atoms with van der Waals surface area (Å²) < 4.78 is 0. The van der Waals surface area contributed by atoms with E-state index in [0.717, 1.165) is 25.5 Å². The Labute approximate surface area is 89.9 Å². The Morgan fingerprint density at radius 2 is 2.27 bits per heavy atom. The largest absolute Gasteiger partial charge is 0.368 e. The minimum atomic E-state index is 0.346. The van der Waals surface area contributed by atoms with Crippen molar-refractivity contribution in [1.29, 1.82) is 0 Å². The Balaban J connectivity index is 2.12. The zero-order valence-corrected chi connectivity index (χ0v) is 9.22. The van der Waals surface area contributed by atoms with E-state index in [-0.39, 0.29) is 0 Å². The highest BCUT2D eigenvalue weighted by molar-refractivity contribution is 5.41. The maximum atomic E-state index is 5.57. The van der Waals surface area contributed by atoms with E-state index in [0.29, 0.717) is 12.0 Å². The lowest BCUT2D eigenvalue weighted by molar-refractivity contribution is 0.233. The van der Waals surface area contributed by atoms with Crippen LogP contribution in [-0.4, -0.2) is 47.6 Å². The Kier molecular flexibility index (Phi) is 2.73. The summed E-state index contributed by atoms with van der Waals surface area (Å²) in [5.74, 6) is 1.28. The Bertz CT molecular complexity index is 340. The predicted molar refractivity (Wildman–Crippen MR) is 60.7 cm³/mol. The van der Waals surface area contributed by atoms with Gasteiger partial charge in [0.15, 0.2) is 0 Å². The molecule has 0 saturated carbocycles. The number of aromatic nitrogens is 2. The molecule has 1 aliphatic rings. The van der Waals surface area contributed by atoms with E-state index >= 15 is 0 Å². The summed E-state index contributed by atoms with van der Waals surface area (Å²) in [6.45, 7) is 5.27. The summed E-state index contributed by atoms with van der Waals surface area (Å²) >= 11 is 0. The first-order chi connectivity index (χ1) is 7.16. The summed E-state index contributed by atoms with van der Waals surface area (Å²) in [5, 5.41) is 0. The molecule has 2 heterocycles. The Morgan fingerprint density at radius 3 is 2.93 bits per heavy atom. The molecule has 1 aromatic heterocycles. The zero-order valence-electron chi connectivity index (χ0n) is 9.22. The van der Waals surface area contributed by atoms with Gasteiger partial charge in [-0.3, -0.25) is 0 Å². The molecule has 0 radical (unpaired) electrons. The second kappa shape index (κ2) is 4.02. The average Bonchev–Trinajstić information content (AvgIpc) is 2.22. The van der Waals surface area contributed by atoms with Crippen LogP contribution in [0, 0.1) is 0 Å². The van der Waals surface area contributed by atoms with Crippen LogP contribution in [0.2, 0.25) is 0 Å². The number of piperazine rings is 1. The van der Waals surface area contributed by atoms with E-state index in [4.69, 9.17) is 5.73 Å². The quantitative estimate of drug-likeness (QED) is 0.713. The van der Waals surface area contributed by atoms with Crippen LogP contribution < -0.4 is 10.6 Å². The molecule has 0 aromatic carbocycles. The van der Waals surface area contributed by atoms with Crippen LogP contribution >= 0.6 is 0 Å². The molecule has 0 aliphatic carbocycles. The normalized spacial score (nSPS) is 23.1. The number of nitrogens with zero attached hydrogens (tertiary/aromatic N) is 4. The van der Waals surface area contributed by atoms with Crippen molar-refractivity contribution in [2.75, 3.05) is 37.3 Å². The maximum absolute atomic E-state index is 5.57. The lowest BCUT2D eigenvalue weighted by Crippen LogP contribution is -2.50. The van der Waals surface area contributed by atoms with Crippen molar-refractivity contribution in [3.05, 3.63) is 12.3 Å². The van der Waals surface area contributed by atoms with Gasteiger partial charge in [-0.15, -0.1) is 0 Å². The van der Waals surface area contributed by atoms with E-state index in [1.54, 1.807) is 6.20 Å². The molecule has 0 bridgehead atoms. The van der Waals surface area contributed by atoms with Crippen molar-refractivity contribution < 1.29 is 0 Å². The molecule has 5 nitrogen and oxygen atoms in total. The van der Waals surface area contributed by atoms with Gasteiger partial charge in [-0.25, -0.2) is 4.98 Å². The van der Waals surface area contributed by atoms with Crippen LogP contribution in [0.15, 0.2) is 12.3 Å².